The molecule has 138 valence electrons. The number of nitrogens with one attached hydrogen (secondary N) is 1. The van der Waals surface area contributed by atoms with Gasteiger partial charge in [-0.1, -0.05) is 12.1 Å². The molecule has 0 unspecified atom stereocenters. The van der Waals surface area contributed by atoms with Gasteiger partial charge in [0, 0.05) is 18.3 Å². The molecule has 0 atom stereocenters. The highest BCUT2D eigenvalue weighted by atomic mass is 16.6. The van der Waals surface area contributed by atoms with Gasteiger partial charge in [0.25, 0.3) is 0 Å². The van der Waals surface area contributed by atoms with E-state index in [-0.39, 0.29) is 5.97 Å². The maximum absolute atomic E-state index is 11.7. The number of carbonyl (C=O) groups is 2. The second-order valence-corrected chi connectivity index (χ2v) is 6.70. The van der Waals surface area contributed by atoms with Crippen molar-refractivity contribution in [3.63, 3.8) is 0 Å². The molecule has 0 radical (unpaired) electrons. The quantitative estimate of drug-likeness (QED) is 0.821. The Balaban J connectivity index is 2.04. The fourth-order valence-corrected chi connectivity index (χ4v) is 2.22. The average molecular weight is 356 g/mol. The summed E-state index contributed by atoms with van der Waals surface area (Å²) in [6.07, 6.45) is 1.22. The Morgan fingerprint density at radius 3 is 2.42 bits per heavy atom. The molecule has 0 aliphatic rings. The molecule has 2 aromatic rings. The first-order valence-corrected chi connectivity index (χ1v) is 8.48. The van der Waals surface area contributed by atoms with E-state index in [0.29, 0.717) is 18.7 Å². The van der Waals surface area contributed by atoms with Crippen LogP contribution in [0.25, 0.3) is 11.3 Å². The van der Waals surface area contributed by atoms with Crippen LogP contribution in [0.3, 0.4) is 0 Å². The van der Waals surface area contributed by atoms with Crippen LogP contribution in [-0.2, 0) is 16.0 Å². The maximum Gasteiger partial charge on any atom is 0.407 e. The number of aromatic nitrogens is 1. The van der Waals surface area contributed by atoms with E-state index in [4.69, 9.17) is 9.47 Å². The second kappa shape index (κ2) is 8.47. The Morgan fingerprint density at radius 1 is 1.12 bits per heavy atom. The summed E-state index contributed by atoms with van der Waals surface area (Å²) in [6.45, 7) is 7.90. The minimum Gasteiger partial charge on any atom is -0.462 e. The summed E-state index contributed by atoms with van der Waals surface area (Å²) in [4.78, 5) is 27.8. The number of pyridine rings is 1. The van der Waals surface area contributed by atoms with Gasteiger partial charge in [-0.25, -0.2) is 9.59 Å². The van der Waals surface area contributed by atoms with E-state index in [9.17, 15) is 9.59 Å². The highest BCUT2D eigenvalue weighted by Gasteiger charge is 2.15. The molecule has 1 heterocycles. The van der Waals surface area contributed by atoms with Crippen molar-refractivity contribution < 1.29 is 19.1 Å². The number of esters is 1. The number of carbonyl (C=O) groups excluding carboxylic acids is 2. The lowest BCUT2D eigenvalue weighted by molar-refractivity contribution is 0.0514. The van der Waals surface area contributed by atoms with E-state index >= 15 is 0 Å². The molecule has 0 aliphatic heterocycles. The highest BCUT2D eigenvalue weighted by Crippen LogP contribution is 2.19. The molecule has 6 nitrogen and oxygen atoms in total. The molecule has 1 aromatic carbocycles. The van der Waals surface area contributed by atoms with E-state index in [1.54, 1.807) is 25.3 Å². The number of ether oxygens (including phenoxy) is 2. The zero-order chi connectivity index (χ0) is 19.2. The van der Waals surface area contributed by atoms with Crippen molar-refractivity contribution in [1.82, 2.24) is 10.3 Å². The van der Waals surface area contributed by atoms with E-state index in [2.05, 4.69) is 10.3 Å². The van der Waals surface area contributed by atoms with Crippen molar-refractivity contribution in [2.75, 3.05) is 6.61 Å². The van der Waals surface area contributed by atoms with Crippen molar-refractivity contribution in [3.05, 3.63) is 53.7 Å². The van der Waals surface area contributed by atoms with Gasteiger partial charge >= 0.3 is 12.1 Å². The zero-order valence-electron chi connectivity index (χ0n) is 15.5. The standard InChI is InChI=1S/C20H24N2O4/c1-5-25-18(23)16-8-6-15(7-9-16)17-12-14(10-11-21-17)13-22-19(24)26-20(2,3)4/h6-12H,5,13H2,1-4H3,(H,22,24). The average Bonchev–Trinajstić information content (AvgIpc) is 2.59. The Bertz CT molecular complexity index is 764. The molecular formula is C20H24N2O4. The van der Waals surface area contributed by atoms with E-state index in [1.165, 1.54) is 0 Å². The molecule has 1 N–H and O–H groups in total. The lowest BCUT2D eigenvalue weighted by Gasteiger charge is -2.19. The van der Waals surface area contributed by atoms with Crippen molar-refractivity contribution >= 4 is 12.1 Å². The van der Waals surface area contributed by atoms with Crippen LogP contribution in [-0.4, -0.2) is 29.3 Å². The van der Waals surface area contributed by atoms with Gasteiger partial charge in [-0.3, -0.25) is 4.98 Å². The predicted octanol–water partition coefficient (Wildman–Crippen LogP) is 3.95. The molecule has 0 spiro atoms. The second-order valence-electron chi connectivity index (χ2n) is 6.70. The minimum absolute atomic E-state index is 0.339. The largest absolute Gasteiger partial charge is 0.462 e. The predicted molar refractivity (Wildman–Crippen MR) is 98.7 cm³/mol. The number of amides is 1. The Morgan fingerprint density at radius 2 is 1.81 bits per heavy atom. The third-order valence-corrected chi connectivity index (χ3v) is 3.35. The number of benzene rings is 1. The Kier molecular flexibility index (Phi) is 6.33. The summed E-state index contributed by atoms with van der Waals surface area (Å²) in [7, 11) is 0. The van der Waals surface area contributed by atoms with Crippen LogP contribution in [0.2, 0.25) is 0 Å². The number of rotatable bonds is 5. The highest BCUT2D eigenvalue weighted by molar-refractivity contribution is 5.90. The van der Waals surface area contributed by atoms with Gasteiger partial charge in [0.05, 0.1) is 17.9 Å². The molecule has 26 heavy (non-hydrogen) atoms. The van der Waals surface area contributed by atoms with Crippen molar-refractivity contribution in [2.24, 2.45) is 0 Å². The molecule has 1 amide bonds. The molecule has 0 saturated carbocycles. The summed E-state index contributed by atoms with van der Waals surface area (Å²) in [5.74, 6) is -0.345. The lowest BCUT2D eigenvalue weighted by atomic mass is 10.1. The molecule has 0 fully saturated rings. The third-order valence-electron chi connectivity index (χ3n) is 3.35. The van der Waals surface area contributed by atoms with E-state index in [0.717, 1.165) is 16.8 Å². The number of alkyl carbamates (subject to hydrolysis) is 1. The van der Waals surface area contributed by atoms with Gasteiger partial charge in [0.1, 0.15) is 5.60 Å². The zero-order valence-corrected chi connectivity index (χ0v) is 15.5. The van der Waals surface area contributed by atoms with Gasteiger partial charge in [-0.05, 0) is 57.5 Å². The van der Waals surface area contributed by atoms with Gasteiger partial charge < -0.3 is 14.8 Å². The number of hydrogen-bond donors (Lipinski definition) is 1. The van der Waals surface area contributed by atoms with Gasteiger partial charge in [-0.15, -0.1) is 0 Å². The van der Waals surface area contributed by atoms with Crippen LogP contribution in [0.15, 0.2) is 42.6 Å². The summed E-state index contributed by atoms with van der Waals surface area (Å²) in [5.41, 5.74) is 2.49. The molecule has 6 heteroatoms. The van der Waals surface area contributed by atoms with Crippen LogP contribution in [0.4, 0.5) is 4.79 Å². The van der Waals surface area contributed by atoms with Crippen LogP contribution in [0.5, 0.6) is 0 Å². The fourth-order valence-electron chi connectivity index (χ4n) is 2.22. The van der Waals surface area contributed by atoms with Crippen LogP contribution >= 0.6 is 0 Å². The maximum atomic E-state index is 11.7. The first kappa shape index (κ1) is 19.4. The summed E-state index contributed by atoms with van der Waals surface area (Å²) < 4.78 is 10.2. The van der Waals surface area contributed by atoms with E-state index in [1.807, 2.05) is 45.0 Å². The number of nitrogens with zero attached hydrogens (tertiary/aromatic N) is 1. The van der Waals surface area contributed by atoms with Gasteiger partial charge in [-0.2, -0.15) is 0 Å². The van der Waals surface area contributed by atoms with Gasteiger partial charge in [0.2, 0.25) is 0 Å². The Hall–Kier alpha value is -2.89. The molecule has 0 aliphatic carbocycles. The van der Waals surface area contributed by atoms with Crippen molar-refractivity contribution in [1.29, 1.82) is 0 Å². The van der Waals surface area contributed by atoms with Gasteiger partial charge in [0.15, 0.2) is 0 Å². The summed E-state index contributed by atoms with van der Waals surface area (Å²) in [6, 6.07) is 10.8. The van der Waals surface area contributed by atoms with Crippen LogP contribution in [0, 0.1) is 0 Å². The minimum atomic E-state index is -0.534. The number of hydrogen-bond acceptors (Lipinski definition) is 5. The van der Waals surface area contributed by atoms with E-state index < -0.39 is 11.7 Å². The van der Waals surface area contributed by atoms with Crippen molar-refractivity contribution in [2.45, 2.75) is 39.8 Å². The molecule has 2 rings (SSSR count). The first-order chi connectivity index (χ1) is 12.3. The lowest BCUT2D eigenvalue weighted by Crippen LogP contribution is -2.32. The molecule has 0 bridgehead atoms. The summed E-state index contributed by atoms with van der Waals surface area (Å²) >= 11 is 0. The first-order valence-electron chi connectivity index (χ1n) is 8.48. The fraction of sp³-hybridized carbons (Fsp3) is 0.350. The normalized spacial score (nSPS) is 10.9. The van der Waals surface area contributed by atoms with Crippen molar-refractivity contribution in [3.8, 4) is 11.3 Å². The SMILES string of the molecule is CCOC(=O)c1ccc(-c2cc(CNC(=O)OC(C)(C)C)ccn2)cc1. The monoisotopic (exact) mass is 356 g/mol. The molecular weight excluding hydrogens is 332 g/mol. The van der Waals surface area contributed by atoms with Crippen LogP contribution in [0.1, 0.15) is 43.6 Å². The summed E-state index contributed by atoms with van der Waals surface area (Å²) in [5, 5.41) is 2.72. The smallest absolute Gasteiger partial charge is 0.407 e. The Labute approximate surface area is 153 Å². The third kappa shape index (κ3) is 5.88. The molecule has 0 saturated heterocycles. The molecule has 1 aromatic heterocycles. The van der Waals surface area contributed by atoms with Crippen LogP contribution < -0.4 is 5.32 Å². The topological polar surface area (TPSA) is 77.5 Å².